The van der Waals surface area contributed by atoms with Crippen LogP contribution in [0, 0.1) is 5.92 Å². The van der Waals surface area contributed by atoms with Gasteiger partial charge in [0.1, 0.15) is 18.0 Å². The van der Waals surface area contributed by atoms with Gasteiger partial charge in [-0.25, -0.2) is 14.8 Å². The number of rotatable bonds is 8. The monoisotopic (exact) mass is 444 g/mol. The molecule has 32 heavy (non-hydrogen) atoms. The Labute approximate surface area is 190 Å². The van der Waals surface area contributed by atoms with Gasteiger partial charge in [-0.1, -0.05) is 0 Å². The summed E-state index contributed by atoms with van der Waals surface area (Å²) in [5.41, 5.74) is 0. The van der Waals surface area contributed by atoms with E-state index in [1.807, 2.05) is 6.92 Å². The van der Waals surface area contributed by atoms with Gasteiger partial charge in [0.05, 0.1) is 6.61 Å². The first kappa shape index (κ1) is 22.6. The van der Waals surface area contributed by atoms with Crippen molar-refractivity contribution in [1.82, 2.24) is 20.2 Å². The second-order valence-corrected chi connectivity index (χ2v) is 9.20. The fourth-order valence-electron chi connectivity index (χ4n) is 4.60. The molecular formula is C23H36N6O3. The Morgan fingerprint density at radius 3 is 2.66 bits per heavy atom. The Morgan fingerprint density at radius 1 is 1.09 bits per heavy atom. The highest BCUT2D eigenvalue weighted by atomic mass is 16.6. The highest BCUT2D eigenvalue weighted by Crippen LogP contribution is 2.28. The van der Waals surface area contributed by atoms with E-state index in [1.54, 1.807) is 11.2 Å². The Bertz CT molecular complexity index is 779. The summed E-state index contributed by atoms with van der Waals surface area (Å²) in [5.74, 6) is 2.50. The molecule has 176 valence electrons. The van der Waals surface area contributed by atoms with Crippen LogP contribution in [0.15, 0.2) is 12.4 Å². The van der Waals surface area contributed by atoms with Crippen molar-refractivity contribution in [3.05, 3.63) is 12.4 Å². The molecule has 2 saturated heterocycles. The highest BCUT2D eigenvalue weighted by molar-refractivity contribution is 5.76. The molecule has 3 aliphatic rings. The van der Waals surface area contributed by atoms with Gasteiger partial charge in [0.2, 0.25) is 5.91 Å². The van der Waals surface area contributed by atoms with Gasteiger partial charge in [0, 0.05) is 50.7 Å². The summed E-state index contributed by atoms with van der Waals surface area (Å²) in [6.45, 7) is 5.42. The molecular weight excluding hydrogens is 408 g/mol. The lowest BCUT2D eigenvalue weighted by atomic mass is 9.93. The molecule has 0 aromatic carbocycles. The highest BCUT2D eigenvalue weighted by Gasteiger charge is 2.26. The van der Waals surface area contributed by atoms with Gasteiger partial charge in [-0.3, -0.25) is 4.79 Å². The van der Waals surface area contributed by atoms with E-state index in [2.05, 4.69) is 31.6 Å². The third-order valence-electron chi connectivity index (χ3n) is 6.59. The molecule has 1 aliphatic carbocycles. The minimum absolute atomic E-state index is 0.120. The molecule has 1 saturated carbocycles. The number of nitrogens with one attached hydrogen (secondary N) is 2. The second-order valence-electron chi connectivity index (χ2n) is 9.20. The smallest absolute Gasteiger partial charge is 0.409 e. The SMILES string of the molecule is CCOC(=O)N1CCC(NC(=O)CC[C@H]2CCCN(c3cc(NC4CC4)ncn3)C2)CC1. The summed E-state index contributed by atoms with van der Waals surface area (Å²) in [5, 5.41) is 6.61. The Morgan fingerprint density at radius 2 is 1.91 bits per heavy atom. The van der Waals surface area contributed by atoms with Crippen molar-refractivity contribution in [2.45, 2.75) is 70.4 Å². The van der Waals surface area contributed by atoms with Gasteiger partial charge >= 0.3 is 6.09 Å². The predicted molar refractivity (Wildman–Crippen MR) is 123 cm³/mol. The molecule has 1 atom stereocenters. The third kappa shape index (κ3) is 6.46. The first-order chi connectivity index (χ1) is 15.6. The summed E-state index contributed by atoms with van der Waals surface area (Å²) in [6, 6.07) is 2.77. The van der Waals surface area contributed by atoms with Crippen molar-refractivity contribution >= 4 is 23.6 Å². The predicted octanol–water partition coefficient (Wildman–Crippen LogP) is 2.78. The molecule has 0 spiro atoms. The van der Waals surface area contributed by atoms with Crippen LogP contribution in [0.3, 0.4) is 0 Å². The Balaban J connectivity index is 1.18. The van der Waals surface area contributed by atoms with E-state index >= 15 is 0 Å². The molecule has 4 rings (SSSR count). The van der Waals surface area contributed by atoms with Gasteiger partial charge in [0.15, 0.2) is 0 Å². The summed E-state index contributed by atoms with van der Waals surface area (Å²) < 4.78 is 5.05. The van der Waals surface area contributed by atoms with Crippen LogP contribution in [-0.2, 0) is 9.53 Å². The van der Waals surface area contributed by atoms with Gasteiger partial charge in [-0.05, 0) is 57.8 Å². The topological polar surface area (TPSA) is 99.7 Å². The Kier molecular flexibility index (Phi) is 7.65. The molecule has 0 radical (unpaired) electrons. The van der Waals surface area contributed by atoms with Crippen molar-refractivity contribution in [3.8, 4) is 0 Å². The number of nitrogens with zero attached hydrogens (tertiary/aromatic N) is 4. The van der Waals surface area contributed by atoms with Crippen LogP contribution in [0.5, 0.6) is 0 Å². The number of ether oxygens (including phenoxy) is 1. The first-order valence-corrected chi connectivity index (χ1v) is 12.1. The van der Waals surface area contributed by atoms with Crippen molar-refractivity contribution < 1.29 is 14.3 Å². The fourth-order valence-corrected chi connectivity index (χ4v) is 4.60. The summed E-state index contributed by atoms with van der Waals surface area (Å²) in [4.78, 5) is 37.2. The van der Waals surface area contributed by atoms with Crippen LogP contribution >= 0.6 is 0 Å². The molecule has 1 aromatic heterocycles. The van der Waals surface area contributed by atoms with Crippen molar-refractivity contribution in [2.24, 2.45) is 5.92 Å². The zero-order chi connectivity index (χ0) is 22.3. The second kappa shape index (κ2) is 10.8. The van der Waals surface area contributed by atoms with Crippen LogP contribution in [0.2, 0.25) is 0 Å². The molecule has 9 nitrogen and oxygen atoms in total. The van der Waals surface area contributed by atoms with Crippen molar-refractivity contribution in [3.63, 3.8) is 0 Å². The number of likely N-dealkylation sites (tertiary alicyclic amines) is 1. The van der Waals surface area contributed by atoms with Crippen LogP contribution in [-0.4, -0.2) is 71.7 Å². The Hall–Kier alpha value is -2.58. The maximum atomic E-state index is 12.5. The van der Waals surface area contributed by atoms with Crippen LogP contribution < -0.4 is 15.5 Å². The average molecular weight is 445 g/mol. The van der Waals surface area contributed by atoms with E-state index in [1.165, 1.54) is 12.8 Å². The summed E-state index contributed by atoms with van der Waals surface area (Å²) >= 11 is 0. The molecule has 2 N–H and O–H groups in total. The van der Waals surface area contributed by atoms with Gasteiger partial charge < -0.3 is 25.2 Å². The lowest BCUT2D eigenvalue weighted by Gasteiger charge is -2.34. The van der Waals surface area contributed by atoms with E-state index in [-0.39, 0.29) is 18.0 Å². The van der Waals surface area contributed by atoms with Crippen molar-refractivity contribution in [1.29, 1.82) is 0 Å². The number of amides is 2. The molecule has 0 bridgehead atoms. The maximum absolute atomic E-state index is 12.5. The maximum Gasteiger partial charge on any atom is 0.409 e. The number of anilines is 2. The summed E-state index contributed by atoms with van der Waals surface area (Å²) in [6.07, 6.45) is 9.11. The lowest BCUT2D eigenvalue weighted by molar-refractivity contribution is -0.122. The number of hydrogen-bond donors (Lipinski definition) is 2. The normalized spacial score (nSPS) is 21.8. The average Bonchev–Trinajstić information content (AvgIpc) is 3.63. The fraction of sp³-hybridized carbons (Fsp3) is 0.739. The summed E-state index contributed by atoms with van der Waals surface area (Å²) in [7, 11) is 0. The largest absolute Gasteiger partial charge is 0.450 e. The molecule has 1 aromatic rings. The van der Waals surface area contributed by atoms with E-state index in [9.17, 15) is 9.59 Å². The van der Waals surface area contributed by atoms with Gasteiger partial charge in [0.25, 0.3) is 0 Å². The van der Waals surface area contributed by atoms with Gasteiger partial charge in [-0.15, -0.1) is 0 Å². The van der Waals surface area contributed by atoms with E-state index in [4.69, 9.17) is 4.74 Å². The van der Waals surface area contributed by atoms with E-state index < -0.39 is 0 Å². The molecule has 2 aliphatic heterocycles. The number of aromatic nitrogens is 2. The van der Waals surface area contributed by atoms with E-state index in [0.717, 1.165) is 56.8 Å². The minimum atomic E-state index is -0.252. The van der Waals surface area contributed by atoms with Gasteiger partial charge in [-0.2, -0.15) is 0 Å². The minimum Gasteiger partial charge on any atom is -0.450 e. The number of piperidine rings is 2. The number of hydrogen-bond acceptors (Lipinski definition) is 7. The molecule has 3 heterocycles. The van der Waals surface area contributed by atoms with E-state index in [0.29, 0.717) is 38.1 Å². The van der Waals surface area contributed by atoms with Crippen LogP contribution in [0.4, 0.5) is 16.4 Å². The number of carbonyl (C=O) groups excluding carboxylic acids is 2. The molecule has 3 fully saturated rings. The standard InChI is InChI=1S/C23H36N6O3/c1-2-32-23(31)28-12-9-19(10-13-28)27-22(30)8-5-17-4-3-11-29(15-17)21-14-20(24-16-25-21)26-18-6-7-18/h14,16-19H,2-13,15H2,1H3,(H,27,30)(H,24,25,26)/t17-/m1/s1. The zero-order valence-corrected chi connectivity index (χ0v) is 19.1. The quantitative estimate of drug-likeness (QED) is 0.636. The third-order valence-corrected chi connectivity index (χ3v) is 6.59. The van der Waals surface area contributed by atoms with Crippen molar-refractivity contribution in [2.75, 3.05) is 43.0 Å². The first-order valence-electron chi connectivity index (χ1n) is 12.1. The zero-order valence-electron chi connectivity index (χ0n) is 19.1. The molecule has 9 heteroatoms. The lowest BCUT2D eigenvalue weighted by Crippen LogP contribution is -2.46. The molecule has 2 amide bonds. The number of carbonyl (C=O) groups is 2. The molecule has 0 unspecified atom stereocenters. The van der Waals surface area contributed by atoms with Crippen LogP contribution in [0.25, 0.3) is 0 Å². The van der Waals surface area contributed by atoms with Crippen LogP contribution in [0.1, 0.15) is 58.3 Å².